The number of hydrogen-bond donors (Lipinski definition) is 2. The number of halogens is 3. The van der Waals surface area contributed by atoms with Gasteiger partial charge in [-0.15, -0.1) is 0 Å². The Bertz CT molecular complexity index is 737. The van der Waals surface area contributed by atoms with Gasteiger partial charge in [-0.1, -0.05) is 51.3 Å². The molecule has 2 rings (SSSR count). The number of carbonyl (C=O) groups is 1. The van der Waals surface area contributed by atoms with Crippen LogP contribution >= 0.6 is 51.3 Å². The predicted octanol–water partition coefficient (Wildman–Crippen LogP) is 4.64. The number of thiocarbonyl (C=S) groups is 1. The zero-order chi connectivity index (χ0) is 15.6. The van der Waals surface area contributed by atoms with Gasteiger partial charge in [-0.05, 0) is 36.4 Å². The first kappa shape index (κ1) is 16.2. The summed E-state index contributed by atoms with van der Waals surface area (Å²) in [4.78, 5) is 12.5. The Hall–Kier alpha value is -1.14. The lowest BCUT2D eigenvalue weighted by atomic mass is 10.1. The van der Waals surface area contributed by atoms with E-state index in [0.717, 1.165) is 4.47 Å². The largest absolute Gasteiger partial charge is 0.389 e. The van der Waals surface area contributed by atoms with Crippen molar-refractivity contribution in [1.29, 1.82) is 0 Å². The Morgan fingerprint density at radius 1 is 1.14 bits per heavy atom. The van der Waals surface area contributed by atoms with Crippen molar-refractivity contribution in [2.24, 2.45) is 5.73 Å². The molecule has 0 aliphatic rings. The molecule has 0 aliphatic carbocycles. The highest BCUT2D eigenvalue weighted by molar-refractivity contribution is 9.10. The van der Waals surface area contributed by atoms with Gasteiger partial charge in [-0.25, -0.2) is 0 Å². The van der Waals surface area contributed by atoms with E-state index in [1.807, 2.05) is 0 Å². The molecule has 0 saturated carbocycles. The van der Waals surface area contributed by atoms with Gasteiger partial charge in [0.1, 0.15) is 4.99 Å². The minimum atomic E-state index is -0.329. The first-order chi connectivity index (χ1) is 9.88. The van der Waals surface area contributed by atoms with Gasteiger partial charge in [0.15, 0.2) is 0 Å². The van der Waals surface area contributed by atoms with E-state index in [1.165, 1.54) is 6.07 Å². The first-order valence-electron chi connectivity index (χ1n) is 5.74. The average Bonchev–Trinajstić information content (AvgIpc) is 2.41. The molecule has 0 heterocycles. The summed E-state index contributed by atoms with van der Waals surface area (Å²) in [7, 11) is 0. The maximum absolute atomic E-state index is 12.3. The zero-order valence-electron chi connectivity index (χ0n) is 10.5. The number of amides is 1. The quantitative estimate of drug-likeness (QED) is 0.733. The molecule has 108 valence electrons. The van der Waals surface area contributed by atoms with Crippen molar-refractivity contribution < 1.29 is 4.79 Å². The van der Waals surface area contributed by atoms with Crippen molar-refractivity contribution in [2.75, 3.05) is 5.32 Å². The second kappa shape index (κ2) is 6.75. The Morgan fingerprint density at radius 3 is 2.48 bits per heavy atom. The van der Waals surface area contributed by atoms with Crippen molar-refractivity contribution in [3.05, 3.63) is 62.0 Å². The molecule has 3 nitrogen and oxygen atoms in total. The molecule has 0 atom stereocenters. The topological polar surface area (TPSA) is 55.1 Å². The number of anilines is 1. The lowest BCUT2D eigenvalue weighted by Gasteiger charge is -2.11. The van der Waals surface area contributed by atoms with Crippen LogP contribution in [0.2, 0.25) is 10.0 Å². The number of benzene rings is 2. The Labute approximate surface area is 145 Å². The molecule has 21 heavy (non-hydrogen) atoms. The van der Waals surface area contributed by atoms with E-state index >= 15 is 0 Å². The third kappa shape index (κ3) is 3.95. The molecule has 0 radical (unpaired) electrons. The average molecular weight is 404 g/mol. The fraction of sp³-hybridized carbons (Fsp3) is 0. The normalized spacial score (nSPS) is 10.2. The van der Waals surface area contributed by atoms with Gasteiger partial charge < -0.3 is 11.1 Å². The smallest absolute Gasteiger partial charge is 0.255 e. The highest BCUT2D eigenvalue weighted by atomic mass is 79.9. The number of carbonyl (C=O) groups excluding carboxylic acids is 1. The van der Waals surface area contributed by atoms with Gasteiger partial charge in [-0.2, -0.15) is 0 Å². The molecule has 3 N–H and O–H groups in total. The van der Waals surface area contributed by atoms with Crippen LogP contribution in [0.15, 0.2) is 40.9 Å². The standard InChI is InChI=1S/C14H9BrCl2N2OS/c15-8-2-3-9(13(18)21)12(6-8)19-14(20)7-1-4-10(16)11(17)5-7/h1-6H,(H2,18,21)(H,19,20). The molecule has 0 bridgehead atoms. The third-order valence-corrected chi connectivity index (χ3v) is 4.13. The van der Waals surface area contributed by atoms with E-state index in [1.54, 1.807) is 30.3 Å². The van der Waals surface area contributed by atoms with Crippen LogP contribution in [0.25, 0.3) is 0 Å². The van der Waals surface area contributed by atoms with Gasteiger partial charge in [-0.3, -0.25) is 4.79 Å². The van der Waals surface area contributed by atoms with Crippen LogP contribution in [-0.2, 0) is 0 Å². The highest BCUT2D eigenvalue weighted by Gasteiger charge is 2.12. The molecule has 0 saturated heterocycles. The maximum atomic E-state index is 12.3. The van der Waals surface area contributed by atoms with Crippen molar-refractivity contribution >= 4 is 67.9 Å². The van der Waals surface area contributed by atoms with E-state index in [4.69, 9.17) is 41.2 Å². The predicted molar refractivity (Wildman–Crippen MR) is 94.4 cm³/mol. The van der Waals surface area contributed by atoms with Crippen LogP contribution in [-0.4, -0.2) is 10.9 Å². The highest BCUT2D eigenvalue weighted by Crippen LogP contribution is 2.25. The molecule has 0 unspecified atom stereocenters. The molecule has 7 heteroatoms. The summed E-state index contributed by atoms with van der Waals surface area (Å²) in [6.07, 6.45) is 0. The van der Waals surface area contributed by atoms with E-state index in [0.29, 0.717) is 26.9 Å². The monoisotopic (exact) mass is 402 g/mol. The molecule has 0 aromatic heterocycles. The van der Waals surface area contributed by atoms with Crippen LogP contribution in [0.1, 0.15) is 15.9 Å². The summed E-state index contributed by atoms with van der Waals surface area (Å²) in [5, 5.41) is 3.46. The summed E-state index contributed by atoms with van der Waals surface area (Å²) < 4.78 is 0.798. The molecular formula is C14H9BrCl2N2OS. The Balaban J connectivity index is 2.33. The zero-order valence-corrected chi connectivity index (χ0v) is 14.4. The van der Waals surface area contributed by atoms with E-state index in [2.05, 4.69) is 21.2 Å². The van der Waals surface area contributed by atoms with Crippen LogP contribution in [0.5, 0.6) is 0 Å². The van der Waals surface area contributed by atoms with Gasteiger partial charge in [0.25, 0.3) is 5.91 Å². The fourth-order valence-electron chi connectivity index (χ4n) is 1.67. The van der Waals surface area contributed by atoms with E-state index in [-0.39, 0.29) is 10.9 Å². The second-order valence-corrected chi connectivity index (χ2v) is 6.31. The van der Waals surface area contributed by atoms with Gasteiger partial charge in [0.05, 0.1) is 15.7 Å². The lowest BCUT2D eigenvalue weighted by Crippen LogP contribution is -2.17. The van der Waals surface area contributed by atoms with Gasteiger partial charge in [0.2, 0.25) is 0 Å². The number of nitrogens with two attached hydrogens (primary N) is 1. The van der Waals surface area contributed by atoms with E-state index < -0.39 is 0 Å². The van der Waals surface area contributed by atoms with Crippen molar-refractivity contribution in [3.8, 4) is 0 Å². The first-order valence-corrected chi connectivity index (χ1v) is 7.70. The van der Waals surface area contributed by atoms with Crippen molar-refractivity contribution in [1.82, 2.24) is 0 Å². The summed E-state index contributed by atoms with van der Waals surface area (Å²) in [5.74, 6) is -0.329. The second-order valence-electron chi connectivity index (χ2n) is 4.14. The Kier molecular flexibility index (Phi) is 5.22. The van der Waals surface area contributed by atoms with Gasteiger partial charge >= 0.3 is 0 Å². The maximum Gasteiger partial charge on any atom is 0.255 e. The molecule has 2 aromatic carbocycles. The van der Waals surface area contributed by atoms with Crippen LogP contribution in [0.4, 0.5) is 5.69 Å². The number of hydrogen-bond acceptors (Lipinski definition) is 2. The summed E-state index contributed by atoms with van der Waals surface area (Å²) in [6.45, 7) is 0. The SMILES string of the molecule is NC(=S)c1ccc(Br)cc1NC(=O)c1ccc(Cl)c(Cl)c1. The molecular weight excluding hydrogens is 395 g/mol. The van der Waals surface area contributed by atoms with Crippen LogP contribution in [0, 0.1) is 0 Å². The minimum absolute atomic E-state index is 0.201. The molecule has 0 fully saturated rings. The molecule has 0 aliphatic heterocycles. The summed E-state index contributed by atoms with van der Waals surface area (Å²) >= 11 is 20.0. The molecule has 1 amide bonds. The number of nitrogens with one attached hydrogen (secondary N) is 1. The third-order valence-electron chi connectivity index (χ3n) is 2.68. The van der Waals surface area contributed by atoms with Crippen molar-refractivity contribution in [2.45, 2.75) is 0 Å². The number of rotatable bonds is 3. The molecule has 0 spiro atoms. The fourth-order valence-corrected chi connectivity index (χ4v) is 2.50. The summed E-state index contributed by atoms with van der Waals surface area (Å²) in [5.41, 5.74) is 7.14. The van der Waals surface area contributed by atoms with Crippen LogP contribution in [0.3, 0.4) is 0 Å². The van der Waals surface area contributed by atoms with E-state index in [9.17, 15) is 4.79 Å². The minimum Gasteiger partial charge on any atom is -0.389 e. The Morgan fingerprint density at radius 2 is 1.86 bits per heavy atom. The molecule has 2 aromatic rings. The lowest BCUT2D eigenvalue weighted by molar-refractivity contribution is 0.102. The van der Waals surface area contributed by atoms with Crippen LogP contribution < -0.4 is 11.1 Å². The summed E-state index contributed by atoms with van der Waals surface area (Å²) in [6, 6.07) is 9.90. The van der Waals surface area contributed by atoms with Gasteiger partial charge in [0, 0.05) is 15.6 Å². The van der Waals surface area contributed by atoms with Crippen molar-refractivity contribution in [3.63, 3.8) is 0 Å².